The van der Waals surface area contributed by atoms with Crippen molar-refractivity contribution in [1.29, 1.82) is 0 Å². The first-order chi connectivity index (χ1) is 4.09. The quantitative estimate of drug-likeness (QED) is 0.494. The molecule has 1 unspecified atom stereocenters. The van der Waals surface area contributed by atoms with Gasteiger partial charge < -0.3 is 5.11 Å². The number of hydrogen-bond acceptors (Lipinski definition) is 3. The highest BCUT2D eigenvalue weighted by Crippen LogP contribution is 2.22. The third-order valence-corrected chi connectivity index (χ3v) is 2.62. The zero-order valence-electron chi connectivity index (χ0n) is 5.37. The largest absolute Gasteiger partial charge is 0.480 e. The molecule has 0 aromatic heterocycles. The maximum atomic E-state index is 10.3. The van der Waals surface area contributed by atoms with Crippen molar-refractivity contribution in [2.75, 3.05) is 0 Å². The average molecular weight is 166 g/mol. The van der Waals surface area contributed by atoms with Gasteiger partial charge in [0.05, 0.1) is 0 Å². The molecule has 0 bridgehead atoms. The molecule has 0 amide bonds. The van der Waals surface area contributed by atoms with Crippen LogP contribution in [0.5, 0.6) is 0 Å². The molecule has 0 aromatic carbocycles. The van der Waals surface area contributed by atoms with Crippen molar-refractivity contribution in [2.24, 2.45) is 5.92 Å². The van der Waals surface area contributed by atoms with Gasteiger partial charge in [0.25, 0.3) is 0 Å². The zero-order chi connectivity index (χ0) is 7.44. The SMILES string of the molecule is CC(C)C(SS)C(=O)O. The van der Waals surface area contributed by atoms with Crippen molar-refractivity contribution in [3.8, 4) is 0 Å². The van der Waals surface area contributed by atoms with Crippen LogP contribution in [-0.4, -0.2) is 16.3 Å². The molecule has 9 heavy (non-hydrogen) atoms. The molecule has 0 aliphatic heterocycles. The van der Waals surface area contributed by atoms with Crippen LogP contribution in [0.1, 0.15) is 13.8 Å². The van der Waals surface area contributed by atoms with Gasteiger partial charge in [-0.15, -0.1) is 11.7 Å². The number of hydrogen-bond donors (Lipinski definition) is 2. The molecular weight excluding hydrogens is 156 g/mol. The maximum Gasteiger partial charge on any atom is 0.317 e. The zero-order valence-corrected chi connectivity index (χ0v) is 7.08. The summed E-state index contributed by atoms with van der Waals surface area (Å²) >= 11 is 3.83. The van der Waals surface area contributed by atoms with Crippen molar-refractivity contribution in [3.63, 3.8) is 0 Å². The van der Waals surface area contributed by atoms with Gasteiger partial charge in [-0.3, -0.25) is 4.79 Å². The molecule has 0 rings (SSSR count). The lowest BCUT2D eigenvalue weighted by Crippen LogP contribution is -2.20. The van der Waals surface area contributed by atoms with Crippen molar-refractivity contribution in [1.82, 2.24) is 0 Å². The fraction of sp³-hybridized carbons (Fsp3) is 0.800. The summed E-state index contributed by atoms with van der Waals surface area (Å²) in [4.78, 5) is 10.3. The van der Waals surface area contributed by atoms with E-state index in [1.807, 2.05) is 13.8 Å². The Bertz CT molecular complexity index is 103. The fourth-order valence-corrected chi connectivity index (χ4v) is 1.79. The van der Waals surface area contributed by atoms with Crippen molar-refractivity contribution >= 4 is 28.4 Å². The number of carboxylic acid groups (broad SMARTS) is 1. The van der Waals surface area contributed by atoms with Gasteiger partial charge in [0, 0.05) is 0 Å². The minimum atomic E-state index is -0.787. The van der Waals surface area contributed by atoms with Crippen LogP contribution >= 0.6 is 22.5 Å². The predicted molar refractivity (Wildman–Crippen MR) is 42.8 cm³/mol. The standard InChI is InChI=1S/C5H10O2S2/c1-3(2)4(9-8)5(6)7/h3-4,8H,1-2H3,(H,6,7). The van der Waals surface area contributed by atoms with E-state index in [9.17, 15) is 4.79 Å². The van der Waals surface area contributed by atoms with E-state index >= 15 is 0 Å². The second-order valence-corrected chi connectivity index (χ2v) is 3.46. The molecular formula is C5H10O2S2. The first-order valence-corrected chi connectivity index (χ1v) is 4.55. The summed E-state index contributed by atoms with van der Waals surface area (Å²) < 4.78 is 0. The van der Waals surface area contributed by atoms with Crippen LogP contribution in [0.2, 0.25) is 0 Å². The summed E-state index contributed by atoms with van der Waals surface area (Å²) in [6, 6.07) is 0. The first-order valence-electron chi connectivity index (χ1n) is 2.62. The van der Waals surface area contributed by atoms with E-state index in [1.54, 1.807) is 0 Å². The summed E-state index contributed by atoms with van der Waals surface area (Å²) in [5, 5.41) is 8.09. The van der Waals surface area contributed by atoms with Gasteiger partial charge in [-0.2, -0.15) is 0 Å². The van der Waals surface area contributed by atoms with Crippen molar-refractivity contribution in [2.45, 2.75) is 19.1 Å². The Morgan fingerprint density at radius 3 is 2.11 bits per heavy atom. The van der Waals surface area contributed by atoms with E-state index in [0.29, 0.717) is 0 Å². The summed E-state index contributed by atoms with van der Waals surface area (Å²) in [6.45, 7) is 3.73. The minimum absolute atomic E-state index is 0.144. The fourth-order valence-electron chi connectivity index (χ4n) is 0.452. The lowest BCUT2D eigenvalue weighted by molar-refractivity contribution is -0.137. The second kappa shape index (κ2) is 4.06. The number of aliphatic carboxylic acids is 1. The molecule has 0 fully saturated rings. The molecule has 0 spiro atoms. The normalized spacial score (nSPS) is 13.8. The van der Waals surface area contributed by atoms with E-state index in [0.717, 1.165) is 10.8 Å². The average Bonchev–Trinajstić information content (AvgIpc) is 1.64. The third-order valence-electron chi connectivity index (χ3n) is 0.962. The predicted octanol–water partition coefficient (Wildman–Crippen LogP) is 1.67. The van der Waals surface area contributed by atoms with Gasteiger partial charge in [-0.25, -0.2) is 0 Å². The van der Waals surface area contributed by atoms with Gasteiger partial charge in [-0.05, 0) is 5.92 Å². The number of thiol groups is 1. The van der Waals surface area contributed by atoms with Crippen LogP contribution < -0.4 is 0 Å². The van der Waals surface area contributed by atoms with Crippen LogP contribution in [0, 0.1) is 5.92 Å². The lowest BCUT2D eigenvalue weighted by atomic mass is 10.1. The monoisotopic (exact) mass is 166 g/mol. The van der Waals surface area contributed by atoms with Gasteiger partial charge in [0.15, 0.2) is 0 Å². The summed E-state index contributed by atoms with van der Waals surface area (Å²) in [5.41, 5.74) is 0. The van der Waals surface area contributed by atoms with Crippen LogP contribution in [-0.2, 0) is 4.79 Å². The van der Waals surface area contributed by atoms with Crippen LogP contribution in [0.25, 0.3) is 0 Å². The molecule has 0 aliphatic rings. The molecule has 1 N–H and O–H groups in total. The van der Waals surface area contributed by atoms with E-state index in [2.05, 4.69) is 11.7 Å². The van der Waals surface area contributed by atoms with Gasteiger partial charge in [0.1, 0.15) is 5.25 Å². The Morgan fingerprint density at radius 2 is 2.11 bits per heavy atom. The Kier molecular flexibility index (Phi) is 4.14. The minimum Gasteiger partial charge on any atom is -0.480 e. The molecule has 1 atom stereocenters. The van der Waals surface area contributed by atoms with Crippen LogP contribution in [0.4, 0.5) is 0 Å². The van der Waals surface area contributed by atoms with Crippen molar-refractivity contribution in [3.05, 3.63) is 0 Å². The van der Waals surface area contributed by atoms with E-state index in [1.165, 1.54) is 0 Å². The number of carbonyl (C=O) groups is 1. The third kappa shape index (κ3) is 3.01. The Morgan fingerprint density at radius 1 is 1.67 bits per heavy atom. The van der Waals surface area contributed by atoms with Crippen molar-refractivity contribution < 1.29 is 9.90 Å². The van der Waals surface area contributed by atoms with Crippen LogP contribution in [0.15, 0.2) is 0 Å². The number of carboxylic acids is 1. The molecule has 2 nitrogen and oxygen atoms in total. The molecule has 0 saturated heterocycles. The van der Waals surface area contributed by atoms with E-state index < -0.39 is 5.97 Å². The summed E-state index contributed by atoms with van der Waals surface area (Å²) in [5.74, 6) is -0.644. The Labute approximate surface area is 63.8 Å². The highest BCUT2D eigenvalue weighted by Gasteiger charge is 2.19. The second-order valence-electron chi connectivity index (χ2n) is 2.11. The van der Waals surface area contributed by atoms with E-state index in [-0.39, 0.29) is 11.2 Å². The topological polar surface area (TPSA) is 37.3 Å². The molecule has 0 aromatic rings. The van der Waals surface area contributed by atoms with Gasteiger partial charge in [0.2, 0.25) is 0 Å². The molecule has 4 heteroatoms. The molecule has 0 heterocycles. The highest BCUT2D eigenvalue weighted by atomic mass is 33.1. The smallest absolute Gasteiger partial charge is 0.317 e. The molecule has 54 valence electrons. The molecule has 0 aliphatic carbocycles. The summed E-state index contributed by atoms with van der Waals surface area (Å²) in [6.07, 6.45) is 0. The molecule has 0 radical (unpaired) electrons. The lowest BCUT2D eigenvalue weighted by Gasteiger charge is -2.10. The first kappa shape index (κ1) is 9.17. The number of rotatable bonds is 3. The molecule has 0 saturated carbocycles. The van der Waals surface area contributed by atoms with Crippen LogP contribution in [0.3, 0.4) is 0 Å². The summed E-state index contributed by atoms with van der Waals surface area (Å²) in [7, 11) is 1.08. The Hall–Kier alpha value is 0.170. The van der Waals surface area contributed by atoms with Gasteiger partial charge >= 0.3 is 5.97 Å². The Balaban J connectivity index is 3.83. The van der Waals surface area contributed by atoms with E-state index in [4.69, 9.17) is 5.11 Å². The maximum absolute atomic E-state index is 10.3. The van der Waals surface area contributed by atoms with Gasteiger partial charge in [-0.1, -0.05) is 24.6 Å². The highest BCUT2D eigenvalue weighted by molar-refractivity contribution is 8.69.